The number of nitrogens with zero attached hydrogens (tertiary/aromatic N) is 2. The van der Waals surface area contributed by atoms with E-state index in [0.717, 1.165) is 15.8 Å². The molecule has 0 aliphatic heterocycles. The van der Waals surface area contributed by atoms with Gasteiger partial charge in [-0.15, -0.1) is 0 Å². The van der Waals surface area contributed by atoms with Crippen molar-refractivity contribution < 1.29 is 9.21 Å². The summed E-state index contributed by atoms with van der Waals surface area (Å²) in [4.78, 5) is 20.9. The molecule has 4 nitrogen and oxygen atoms in total. The van der Waals surface area contributed by atoms with Crippen molar-refractivity contribution in [2.75, 3.05) is 0 Å². The molecule has 3 rings (SSSR count). The van der Waals surface area contributed by atoms with Crippen LogP contribution < -0.4 is 0 Å². The van der Waals surface area contributed by atoms with Gasteiger partial charge >= 0.3 is 0 Å². The molecule has 100 valence electrons. The van der Waals surface area contributed by atoms with Gasteiger partial charge < -0.3 is 4.42 Å². The number of halogens is 1. The van der Waals surface area contributed by atoms with Crippen LogP contribution in [0, 0.1) is 13.8 Å². The quantitative estimate of drug-likeness (QED) is 0.670. The van der Waals surface area contributed by atoms with Crippen molar-refractivity contribution in [1.82, 2.24) is 9.97 Å². The van der Waals surface area contributed by atoms with Gasteiger partial charge in [0, 0.05) is 15.6 Å². The lowest BCUT2D eigenvalue weighted by molar-refractivity contribution is 0.103. The summed E-state index contributed by atoms with van der Waals surface area (Å²) in [6.07, 6.45) is 1.36. The Hall–Kier alpha value is -2.01. The van der Waals surface area contributed by atoms with Gasteiger partial charge in [0.2, 0.25) is 11.5 Å². The summed E-state index contributed by atoms with van der Waals surface area (Å²) in [5.74, 6) is 0.607. The number of fused-ring (bicyclic) bond motifs is 1. The van der Waals surface area contributed by atoms with Gasteiger partial charge in [-0.1, -0.05) is 28.1 Å². The summed E-state index contributed by atoms with van der Waals surface area (Å²) < 4.78 is 6.29. The Bertz CT molecular complexity index is 824. The Morgan fingerprint density at radius 1 is 1.20 bits per heavy atom. The van der Waals surface area contributed by atoms with Crippen molar-refractivity contribution >= 4 is 32.8 Å². The zero-order valence-electron chi connectivity index (χ0n) is 11.0. The normalized spacial score (nSPS) is 10.9. The largest absolute Gasteiger partial charge is 0.443 e. The zero-order chi connectivity index (χ0) is 14.3. The highest BCUT2D eigenvalue weighted by Gasteiger charge is 2.21. The van der Waals surface area contributed by atoms with Crippen molar-refractivity contribution in [2.24, 2.45) is 0 Å². The van der Waals surface area contributed by atoms with Crippen LogP contribution in [-0.4, -0.2) is 15.8 Å². The fraction of sp³-hybridized carbons (Fsp3) is 0.133. The van der Waals surface area contributed by atoms with E-state index >= 15 is 0 Å². The number of aromatic nitrogens is 2. The van der Waals surface area contributed by atoms with E-state index in [1.807, 2.05) is 32.0 Å². The van der Waals surface area contributed by atoms with Gasteiger partial charge in [-0.25, -0.2) is 9.97 Å². The van der Waals surface area contributed by atoms with Crippen LogP contribution >= 0.6 is 15.9 Å². The van der Waals surface area contributed by atoms with E-state index in [1.165, 1.54) is 6.33 Å². The molecule has 0 fully saturated rings. The minimum atomic E-state index is -0.145. The van der Waals surface area contributed by atoms with Crippen molar-refractivity contribution in [1.29, 1.82) is 0 Å². The van der Waals surface area contributed by atoms with E-state index in [-0.39, 0.29) is 5.78 Å². The fourth-order valence-corrected chi connectivity index (χ4v) is 2.59. The van der Waals surface area contributed by atoms with Crippen LogP contribution in [0.4, 0.5) is 0 Å². The molecule has 0 aliphatic rings. The SMILES string of the molecule is Cc1oc2ncnc(C(=O)c3ccccc3Br)c2c1C. The standard InChI is InChI=1S/C15H11BrN2O2/c1-8-9(2)20-15-12(8)13(17-7-18-15)14(19)10-5-3-4-6-11(10)16/h3-7H,1-2H3. The highest BCUT2D eigenvalue weighted by atomic mass is 79.9. The Labute approximate surface area is 124 Å². The molecule has 0 atom stereocenters. The van der Waals surface area contributed by atoms with E-state index in [0.29, 0.717) is 22.4 Å². The maximum Gasteiger partial charge on any atom is 0.230 e. The summed E-state index contributed by atoms with van der Waals surface area (Å²) >= 11 is 3.39. The molecule has 0 saturated carbocycles. The first kappa shape index (κ1) is 13.0. The number of carbonyl (C=O) groups excluding carboxylic acids is 1. The lowest BCUT2D eigenvalue weighted by Crippen LogP contribution is -2.06. The van der Waals surface area contributed by atoms with Gasteiger partial charge in [-0.05, 0) is 26.0 Å². The smallest absolute Gasteiger partial charge is 0.230 e. The van der Waals surface area contributed by atoms with Crippen molar-refractivity contribution in [3.05, 3.63) is 57.6 Å². The fourth-order valence-electron chi connectivity index (χ4n) is 2.13. The molecule has 2 aromatic heterocycles. The first-order valence-electron chi connectivity index (χ1n) is 6.09. The Morgan fingerprint density at radius 3 is 2.70 bits per heavy atom. The molecule has 0 unspecified atom stereocenters. The molecule has 0 bridgehead atoms. The van der Waals surface area contributed by atoms with Crippen molar-refractivity contribution in [2.45, 2.75) is 13.8 Å². The number of benzene rings is 1. The van der Waals surface area contributed by atoms with Crippen LogP contribution in [0.2, 0.25) is 0 Å². The van der Waals surface area contributed by atoms with E-state index in [4.69, 9.17) is 4.42 Å². The maximum absolute atomic E-state index is 12.7. The second kappa shape index (κ2) is 4.83. The van der Waals surface area contributed by atoms with Crippen LogP contribution in [-0.2, 0) is 0 Å². The number of aryl methyl sites for hydroxylation is 2. The van der Waals surface area contributed by atoms with Gasteiger partial charge in [-0.3, -0.25) is 4.79 Å². The van der Waals surface area contributed by atoms with E-state index in [2.05, 4.69) is 25.9 Å². The highest BCUT2D eigenvalue weighted by Crippen LogP contribution is 2.28. The molecule has 20 heavy (non-hydrogen) atoms. The minimum Gasteiger partial charge on any atom is -0.443 e. The Kier molecular flexibility index (Phi) is 3.14. The summed E-state index contributed by atoms with van der Waals surface area (Å²) in [5, 5.41) is 0.686. The lowest BCUT2D eigenvalue weighted by Gasteiger charge is -2.04. The van der Waals surface area contributed by atoms with Gasteiger partial charge in [0.1, 0.15) is 17.8 Å². The molecule has 0 spiro atoms. The number of ketones is 1. The van der Waals surface area contributed by atoms with Crippen LogP contribution in [0.15, 0.2) is 39.5 Å². The highest BCUT2D eigenvalue weighted by molar-refractivity contribution is 9.10. The molecule has 3 aromatic rings. The molecule has 1 aromatic carbocycles. The molecule has 0 saturated heterocycles. The Balaban J connectivity index is 2.25. The summed E-state index contributed by atoms with van der Waals surface area (Å²) in [6, 6.07) is 7.29. The van der Waals surface area contributed by atoms with E-state index in [9.17, 15) is 4.79 Å². The second-order valence-corrected chi connectivity index (χ2v) is 5.35. The number of carbonyl (C=O) groups is 1. The first-order valence-corrected chi connectivity index (χ1v) is 6.89. The van der Waals surface area contributed by atoms with Crippen molar-refractivity contribution in [3.63, 3.8) is 0 Å². The zero-order valence-corrected chi connectivity index (χ0v) is 12.6. The third kappa shape index (κ3) is 1.94. The second-order valence-electron chi connectivity index (χ2n) is 4.49. The molecule has 0 aliphatic carbocycles. The van der Waals surface area contributed by atoms with Gasteiger partial charge in [0.05, 0.1) is 5.39 Å². The number of furan rings is 1. The Morgan fingerprint density at radius 2 is 1.95 bits per heavy atom. The van der Waals surface area contributed by atoms with Gasteiger partial charge in [-0.2, -0.15) is 0 Å². The van der Waals surface area contributed by atoms with Crippen molar-refractivity contribution in [3.8, 4) is 0 Å². The van der Waals surface area contributed by atoms with Crippen LogP contribution in [0.25, 0.3) is 11.1 Å². The molecular formula is C15H11BrN2O2. The molecular weight excluding hydrogens is 320 g/mol. The van der Waals surface area contributed by atoms with Crippen LogP contribution in [0.5, 0.6) is 0 Å². The summed E-state index contributed by atoms with van der Waals surface area (Å²) in [6.45, 7) is 3.76. The predicted molar refractivity (Wildman–Crippen MR) is 78.9 cm³/mol. The number of hydrogen-bond acceptors (Lipinski definition) is 4. The van der Waals surface area contributed by atoms with Gasteiger partial charge in [0.15, 0.2) is 0 Å². The monoisotopic (exact) mass is 330 g/mol. The van der Waals surface area contributed by atoms with Crippen LogP contribution in [0.3, 0.4) is 0 Å². The third-order valence-corrected chi connectivity index (χ3v) is 3.99. The molecule has 5 heteroatoms. The maximum atomic E-state index is 12.7. The third-order valence-electron chi connectivity index (χ3n) is 3.30. The van der Waals surface area contributed by atoms with E-state index < -0.39 is 0 Å². The molecule has 0 amide bonds. The minimum absolute atomic E-state index is 0.145. The number of hydrogen-bond donors (Lipinski definition) is 0. The van der Waals surface area contributed by atoms with E-state index in [1.54, 1.807) is 6.07 Å². The first-order chi connectivity index (χ1) is 9.59. The molecule has 0 radical (unpaired) electrons. The lowest BCUT2D eigenvalue weighted by atomic mass is 10.0. The summed E-state index contributed by atoms with van der Waals surface area (Å²) in [7, 11) is 0. The average Bonchev–Trinajstić information content (AvgIpc) is 2.74. The van der Waals surface area contributed by atoms with Crippen LogP contribution in [0.1, 0.15) is 27.4 Å². The number of rotatable bonds is 2. The van der Waals surface area contributed by atoms with Gasteiger partial charge in [0.25, 0.3) is 0 Å². The predicted octanol–water partition coefficient (Wildman–Crippen LogP) is 3.83. The average molecular weight is 331 g/mol. The molecule has 0 N–H and O–H groups in total. The topological polar surface area (TPSA) is 56.0 Å². The summed E-state index contributed by atoms with van der Waals surface area (Å²) in [5.41, 5.74) is 2.29. The molecule has 2 heterocycles.